The molecule has 2 aromatic rings. The fourth-order valence-corrected chi connectivity index (χ4v) is 4.24. The van der Waals surface area contributed by atoms with Gasteiger partial charge in [0.15, 0.2) is 0 Å². The summed E-state index contributed by atoms with van der Waals surface area (Å²) in [4.78, 5) is 14.6. The van der Waals surface area contributed by atoms with Crippen molar-refractivity contribution >= 4 is 11.6 Å². The van der Waals surface area contributed by atoms with Gasteiger partial charge in [0.1, 0.15) is 6.04 Å². The highest BCUT2D eigenvalue weighted by molar-refractivity contribution is 5.82. The summed E-state index contributed by atoms with van der Waals surface area (Å²) < 4.78 is 5.65. The first-order valence-corrected chi connectivity index (χ1v) is 9.67. The Morgan fingerprint density at radius 3 is 2.59 bits per heavy atom. The monoisotopic (exact) mass is 365 g/mol. The summed E-state index contributed by atoms with van der Waals surface area (Å²) in [6.45, 7) is 3.19. The molecule has 2 heterocycles. The van der Waals surface area contributed by atoms with Crippen LogP contribution in [0.4, 0.5) is 5.69 Å². The van der Waals surface area contributed by atoms with Crippen molar-refractivity contribution in [3.8, 4) is 0 Å². The molecule has 2 aliphatic heterocycles. The number of carbonyl (C=O) groups excluding carboxylic acids is 1. The standard InChI is InChI=1S/C22H27N3O2/c23-19(15-27-14-17-6-2-1-3-7-17)21(26)25-12-10-22(11-13-25)16-24-20-9-5-4-8-18(20)22/h1-9,19,24H,10-16,23H2. The van der Waals surface area contributed by atoms with E-state index in [0.717, 1.165) is 38.0 Å². The van der Waals surface area contributed by atoms with Crippen LogP contribution in [0.25, 0.3) is 0 Å². The molecule has 0 aromatic heterocycles. The fourth-order valence-electron chi connectivity index (χ4n) is 4.24. The van der Waals surface area contributed by atoms with E-state index >= 15 is 0 Å². The third kappa shape index (κ3) is 3.70. The van der Waals surface area contributed by atoms with Crippen LogP contribution in [0.5, 0.6) is 0 Å². The van der Waals surface area contributed by atoms with Crippen LogP contribution in [0.3, 0.4) is 0 Å². The highest BCUT2D eigenvalue weighted by atomic mass is 16.5. The summed E-state index contributed by atoms with van der Waals surface area (Å²) in [5, 5.41) is 3.52. The number of nitrogens with two attached hydrogens (primary N) is 1. The lowest BCUT2D eigenvalue weighted by Gasteiger charge is -2.40. The number of rotatable bonds is 5. The molecule has 1 spiro atoms. The number of benzene rings is 2. The molecule has 5 nitrogen and oxygen atoms in total. The zero-order chi connectivity index (χ0) is 18.7. The van der Waals surface area contributed by atoms with E-state index < -0.39 is 6.04 Å². The van der Waals surface area contributed by atoms with Gasteiger partial charge in [-0.15, -0.1) is 0 Å². The fraction of sp³-hybridized carbons (Fsp3) is 0.409. The van der Waals surface area contributed by atoms with Crippen LogP contribution in [0.1, 0.15) is 24.0 Å². The van der Waals surface area contributed by atoms with Gasteiger partial charge in [0.05, 0.1) is 13.2 Å². The quantitative estimate of drug-likeness (QED) is 0.854. The predicted octanol–water partition coefficient (Wildman–Crippen LogP) is 2.52. The van der Waals surface area contributed by atoms with E-state index in [1.165, 1.54) is 11.3 Å². The van der Waals surface area contributed by atoms with E-state index in [-0.39, 0.29) is 17.9 Å². The second kappa shape index (κ2) is 7.71. The van der Waals surface area contributed by atoms with Gasteiger partial charge in [-0.3, -0.25) is 4.79 Å². The van der Waals surface area contributed by atoms with Crippen LogP contribution in [0, 0.1) is 0 Å². The van der Waals surface area contributed by atoms with Gasteiger partial charge in [-0.25, -0.2) is 0 Å². The molecule has 142 valence electrons. The summed E-state index contributed by atoms with van der Waals surface area (Å²) in [6.07, 6.45) is 1.95. The second-order valence-electron chi connectivity index (χ2n) is 7.61. The molecular weight excluding hydrogens is 338 g/mol. The number of fused-ring (bicyclic) bond motifs is 2. The number of amides is 1. The van der Waals surface area contributed by atoms with Gasteiger partial charge in [0.25, 0.3) is 0 Å². The van der Waals surface area contributed by atoms with Crippen molar-refractivity contribution in [1.29, 1.82) is 0 Å². The number of para-hydroxylation sites is 1. The van der Waals surface area contributed by atoms with E-state index in [1.54, 1.807) is 0 Å². The Morgan fingerprint density at radius 2 is 1.81 bits per heavy atom. The van der Waals surface area contributed by atoms with Crippen molar-refractivity contribution < 1.29 is 9.53 Å². The maximum Gasteiger partial charge on any atom is 0.241 e. The lowest BCUT2D eigenvalue weighted by Crippen LogP contribution is -2.52. The minimum absolute atomic E-state index is 0.00264. The molecule has 5 heteroatoms. The van der Waals surface area contributed by atoms with E-state index in [9.17, 15) is 4.79 Å². The number of carbonyl (C=O) groups is 1. The number of anilines is 1. The SMILES string of the molecule is NC(COCc1ccccc1)C(=O)N1CCC2(CC1)CNc1ccccc12. The number of hydrogen-bond donors (Lipinski definition) is 2. The number of likely N-dealkylation sites (tertiary alicyclic amines) is 1. The molecule has 1 saturated heterocycles. The van der Waals surface area contributed by atoms with E-state index in [4.69, 9.17) is 10.5 Å². The Morgan fingerprint density at radius 1 is 1.11 bits per heavy atom. The Balaban J connectivity index is 1.28. The summed E-state index contributed by atoms with van der Waals surface area (Å²) in [6, 6.07) is 17.9. The molecular formula is C22H27N3O2. The van der Waals surface area contributed by atoms with Crippen LogP contribution >= 0.6 is 0 Å². The molecule has 0 radical (unpaired) electrons. The van der Waals surface area contributed by atoms with Crippen molar-refractivity contribution in [3.05, 3.63) is 65.7 Å². The Kier molecular flexibility index (Phi) is 5.14. The van der Waals surface area contributed by atoms with Gasteiger partial charge in [0.2, 0.25) is 5.91 Å². The summed E-state index contributed by atoms with van der Waals surface area (Å²) in [7, 11) is 0. The minimum Gasteiger partial charge on any atom is -0.384 e. The first-order valence-electron chi connectivity index (χ1n) is 9.67. The predicted molar refractivity (Wildman–Crippen MR) is 106 cm³/mol. The first kappa shape index (κ1) is 18.0. The average Bonchev–Trinajstić information content (AvgIpc) is 3.07. The van der Waals surface area contributed by atoms with Crippen molar-refractivity contribution in [3.63, 3.8) is 0 Å². The topological polar surface area (TPSA) is 67.6 Å². The number of nitrogens with zero attached hydrogens (tertiary/aromatic N) is 1. The Labute approximate surface area is 160 Å². The zero-order valence-corrected chi connectivity index (χ0v) is 15.6. The molecule has 27 heavy (non-hydrogen) atoms. The van der Waals surface area contributed by atoms with Crippen molar-refractivity contribution in [2.45, 2.75) is 30.9 Å². The third-order valence-electron chi connectivity index (χ3n) is 5.87. The van der Waals surface area contributed by atoms with Gasteiger partial charge in [-0.05, 0) is 30.0 Å². The highest BCUT2D eigenvalue weighted by Gasteiger charge is 2.42. The Bertz CT molecular complexity index is 785. The van der Waals surface area contributed by atoms with Gasteiger partial charge >= 0.3 is 0 Å². The summed E-state index contributed by atoms with van der Waals surface area (Å²) in [5.74, 6) is -0.00264. The van der Waals surface area contributed by atoms with Crippen LogP contribution in [0.2, 0.25) is 0 Å². The molecule has 1 unspecified atom stereocenters. The lowest BCUT2D eigenvalue weighted by atomic mass is 9.74. The van der Waals surface area contributed by atoms with Crippen molar-refractivity contribution in [1.82, 2.24) is 4.90 Å². The molecule has 1 atom stereocenters. The van der Waals surface area contributed by atoms with Gasteiger partial charge < -0.3 is 20.7 Å². The van der Waals surface area contributed by atoms with Crippen molar-refractivity contribution in [2.24, 2.45) is 5.73 Å². The molecule has 0 saturated carbocycles. The third-order valence-corrected chi connectivity index (χ3v) is 5.87. The summed E-state index contributed by atoms with van der Waals surface area (Å²) in [5.41, 5.74) is 9.98. The maximum absolute atomic E-state index is 12.7. The smallest absolute Gasteiger partial charge is 0.241 e. The molecule has 2 aromatic carbocycles. The van der Waals surface area contributed by atoms with Crippen LogP contribution in [-0.2, 0) is 21.6 Å². The van der Waals surface area contributed by atoms with E-state index in [1.807, 2.05) is 35.2 Å². The first-order chi connectivity index (χ1) is 13.2. The molecule has 1 amide bonds. The number of ether oxygens (including phenoxy) is 1. The van der Waals surface area contributed by atoms with Gasteiger partial charge in [-0.2, -0.15) is 0 Å². The second-order valence-corrected chi connectivity index (χ2v) is 7.61. The zero-order valence-electron chi connectivity index (χ0n) is 15.6. The molecule has 1 fully saturated rings. The molecule has 0 bridgehead atoms. The molecule has 4 rings (SSSR count). The lowest BCUT2D eigenvalue weighted by molar-refractivity contribution is -0.135. The number of nitrogens with one attached hydrogen (secondary N) is 1. The highest BCUT2D eigenvalue weighted by Crippen LogP contribution is 2.43. The number of piperidine rings is 1. The maximum atomic E-state index is 12.7. The molecule has 0 aliphatic carbocycles. The van der Waals surface area contributed by atoms with Crippen molar-refractivity contribution in [2.75, 3.05) is 31.6 Å². The van der Waals surface area contributed by atoms with Gasteiger partial charge in [0, 0.05) is 30.7 Å². The summed E-state index contributed by atoms with van der Waals surface area (Å²) >= 11 is 0. The van der Waals surface area contributed by atoms with E-state index in [0.29, 0.717) is 6.61 Å². The minimum atomic E-state index is -0.600. The number of hydrogen-bond acceptors (Lipinski definition) is 4. The molecule has 3 N–H and O–H groups in total. The van der Waals surface area contributed by atoms with E-state index in [2.05, 4.69) is 29.6 Å². The normalized spacial score (nSPS) is 18.8. The van der Waals surface area contributed by atoms with Gasteiger partial charge in [-0.1, -0.05) is 48.5 Å². The van der Waals surface area contributed by atoms with Crippen LogP contribution < -0.4 is 11.1 Å². The van der Waals surface area contributed by atoms with Crippen LogP contribution in [0.15, 0.2) is 54.6 Å². The Hall–Kier alpha value is -2.37. The molecule has 2 aliphatic rings. The largest absolute Gasteiger partial charge is 0.384 e. The average molecular weight is 365 g/mol. The van der Waals surface area contributed by atoms with Crippen LogP contribution in [-0.4, -0.2) is 43.1 Å².